The van der Waals surface area contributed by atoms with Crippen LogP contribution >= 0.6 is 15.9 Å². The van der Waals surface area contributed by atoms with Crippen LogP contribution in [0.15, 0.2) is 75.8 Å². The van der Waals surface area contributed by atoms with Gasteiger partial charge >= 0.3 is 0 Å². The number of carbonyl (C=O) groups is 1. The maximum absolute atomic E-state index is 12.2. The molecule has 110 valence electrons. The third-order valence-corrected chi connectivity index (χ3v) is 3.73. The third-order valence-electron chi connectivity index (χ3n) is 3.30. The second kappa shape index (κ2) is 6.62. The third kappa shape index (κ3) is 3.46. The normalized spacial score (nSPS) is 10.4. The highest BCUT2D eigenvalue weighted by Crippen LogP contribution is 2.21. The first-order valence-corrected chi connectivity index (χ1v) is 7.70. The van der Waals surface area contributed by atoms with Gasteiger partial charge in [-0.3, -0.25) is 4.79 Å². The van der Waals surface area contributed by atoms with Crippen molar-refractivity contribution in [3.05, 3.63) is 88.3 Å². The molecule has 3 aromatic rings. The molecule has 1 heterocycles. The molecule has 2 aromatic carbocycles. The van der Waals surface area contributed by atoms with Crippen molar-refractivity contribution in [3.8, 4) is 0 Å². The second-order valence-corrected chi connectivity index (χ2v) is 5.66. The molecule has 3 rings (SSSR count). The molecule has 0 bridgehead atoms. The van der Waals surface area contributed by atoms with Gasteiger partial charge in [-0.15, -0.1) is 0 Å². The van der Waals surface area contributed by atoms with Gasteiger partial charge in [0.1, 0.15) is 0 Å². The van der Waals surface area contributed by atoms with Crippen LogP contribution in [-0.4, -0.2) is 5.91 Å². The van der Waals surface area contributed by atoms with E-state index in [1.54, 1.807) is 12.1 Å². The maximum atomic E-state index is 12.2. The number of furan rings is 1. The van der Waals surface area contributed by atoms with Gasteiger partial charge in [-0.1, -0.05) is 48.5 Å². The van der Waals surface area contributed by atoms with Crippen LogP contribution < -0.4 is 5.32 Å². The molecule has 0 spiro atoms. The van der Waals surface area contributed by atoms with Crippen LogP contribution in [-0.2, 0) is 6.42 Å². The first-order valence-electron chi connectivity index (χ1n) is 6.91. The lowest BCUT2D eigenvalue weighted by atomic mass is 10.0. The van der Waals surface area contributed by atoms with Crippen LogP contribution in [0.2, 0.25) is 0 Å². The molecular weight excluding hydrogens is 342 g/mol. The van der Waals surface area contributed by atoms with Gasteiger partial charge in [-0.25, -0.2) is 0 Å². The summed E-state index contributed by atoms with van der Waals surface area (Å²) in [6, 6.07) is 21.3. The lowest BCUT2D eigenvalue weighted by Crippen LogP contribution is -2.12. The maximum Gasteiger partial charge on any atom is 0.291 e. The highest BCUT2D eigenvalue weighted by atomic mass is 79.9. The van der Waals surface area contributed by atoms with Crippen LogP contribution in [0, 0.1) is 0 Å². The van der Waals surface area contributed by atoms with Gasteiger partial charge < -0.3 is 9.73 Å². The van der Waals surface area contributed by atoms with Crippen molar-refractivity contribution in [2.75, 3.05) is 5.32 Å². The lowest BCUT2D eigenvalue weighted by Gasteiger charge is -2.10. The highest BCUT2D eigenvalue weighted by molar-refractivity contribution is 9.10. The summed E-state index contributed by atoms with van der Waals surface area (Å²) in [5, 5.41) is 2.91. The Kier molecular flexibility index (Phi) is 4.39. The predicted molar refractivity (Wildman–Crippen MR) is 90.1 cm³/mol. The molecule has 0 unspecified atom stereocenters. The first kappa shape index (κ1) is 14.6. The molecule has 0 aliphatic heterocycles. The molecule has 22 heavy (non-hydrogen) atoms. The zero-order chi connectivity index (χ0) is 15.4. The summed E-state index contributed by atoms with van der Waals surface area (Å²) in [4.78, 5) is 12.2. The zero-order valence-electron chi connectivity index (χ0n) is 11.8. The van der Waals surface area contributed by atoms with Gasteiger partial charge in [-0.2, -0.15) is 0 Å². The number of hydrogen-bond acceptors (Lipinski definition) is 2. The van der Waals surface area contributed by atoms with Crippen LogP contribution in [0.25, 0.3) is 0 Å². The number of halogens is 1. The van der Waals surface area contributed by atoms with Crippen molar-refractivity contribution in [1.82, 2.24) is 0 Å². The number of rotatable bonds is 4. The number of para-hydroxylation sites is 1. The Balaban J connectivity index is 1.81. The molecule has 0 saturated heterocycles. The Hall–Kier alpha value is -2.33. The van der Waals surface area contributed by atoms with Crippen molar-refractivity contribution >= 4 is 27.5 Å². The smallest absolute Gasteiger partial charge is 0.291 e. The van der Waals surface area contributed by atoms with E-state index in [-0.39, 0.29) is 11.7 Å². The first-order chi connectivity index (χ1) is 10.7. The number of carbonyl (C=O) groups excluding carboxylic acids is 1. The van der Waals surface area contributed by atoms with E-state index in [4.69, 9.17) is 4.42 Å². The molecular formula is C18H14BrNO2. The average Bonchev–Trinajstić information content (AvgIpc) is 2.97. The fourth-order valence-electron chi connectivity index (χ4n) is 2.23. The van der Waals surface area contributed by atoms with E-state index in [1.807, 2.05) is 42.5 Å². The minimum absolute atomic E-state index is 0.258. The summed E-state index contributed by atoms with van der Waals surface area (Å²) >= 11 is 3.20. The number of benzene rings is 2. The van der Waals surface area contributed by atoms with Crippen molar-refractivity contribution in [2.24, 2.45) is 0 Å². The van der Waals surface area contributed by atoms with Gasteiger partial charge in [-0.05, 0) is 51.7 Å². The molecule has 4 heteroatoms. The van der Waals surface area contributed by atoms with Crippen molar-refractivity contribution in [3.63, 3.8) is 0 Å². The van der Waals surface area contributed by atoms with Gasteiger partial charge in [0, 0.05) is 5.69 Å². The van der Waals surface area contributed by atoms with Gasteiger partial charge in [0.05, 0.1) is 0 Å². The molecule has 0 saturated carbocycles. The Morgan fingerprint density at radius 3 is 2.41 bits per heavy atom. The van der Waals surface area contributed by atoms with Gasteiger partial charge in [0.2, 0.25) is 0 Å². The Bertz CT molecular complexity index is 781. The Morgan fingerprint density at radius 1 is 0.955 bits per heavy atom. The summed E-state index contributed by atoms with van der Waals surface area (Å²) in [5.41, 5.74) is 3.06. The fraction of sp³-hybridized carbons (Fsp3) is 0.0556. The molecule has 3 nitrogen and oxygen atoms in total. The highest BCUT2D eigenvalue weighted by Gasteiger charge is 2.12. The van der Waals surface area contributed by atoms with Crippen molar-refractivity contribution < 1.29 is 9.21 Å². The van der Waals surface area contributed by atoms with Crippen LogP contribution in [0.3, 0.4) is 0 Å². The molecule has 0 aliphatic rings. The number of anilines is 1. The number of nitrogens with one attached hydrogen (secondary N) is 1. The largest absolute Gasteiger partial charge is 0.444 e. The Labute approximate surface area is 137 Å². The summed E-state index contributed by atoms with van der Waals surface area (Å²) in [7, 11) is 0. The lowest BCUT2D eigenvalue weighted by molar-refractivity contribution is 0.0995. The average molecular weight is 356 g/mol. The predicted octanol–water partition coefficient (Wildman–Crippen LogP) is 4.89. The molecule has 0 atom stereocenters. The molecule has 0 fully saturated rings. The number of amides is 1. The topological polar surface area (TPSA) is 42.2 Å². The Morgan fingerprint density at radius 2 is 1.68 bits per heavy atom. The summed E-state index contributed by atoms with van der Waals surface area (Å²) in [6.45, 7) is 0. The summed E-state index contributed by atoms with van der Waals surface area (Å²) in [5.74, 6) is 0.0209. The monoisotopic (exact) mass is 355 g/mol. The zero-order valence-corrected chi connectivity index (χ0v) is 13.3. The van der Waals surface area contributed by atoms with Gasteiger partial charge in [0.25, 0.3) is 5.91 Å². The minimum Gasteiger partial charge on any atom is -0.444 e. The minimum atomic E-state index is -0.258. The van der Waals surface area contributed by atoms with E-state index in [0.29, 0.717) is 4.67 Å². The molecule has 0 aliphatic carbocycles. The molecule has 1 aromatic heterocycles. The van der Waals surface area contributed by atoms with Crippen LogP contribution in [0.5, 0.6) is 0 Å². The fourth-order valence-corrected chi connectivity index (χ4v) is 2.54. The van der Waals surface area contributed by atoms with E-state index >= 15 is 0 Å². The number of hydrogen-bond donors (Lipinski definition) is 1. The molecule has 0 radical (unpaired) electrons. The summed E-state index contributed by atoms with van der Waals surface area (Å²) < 4.78 is 5.82. The van der Waals surface area contributed by atoms with E-state index < -0.39 is 0 Å². The molecule has 1 amide bonds. The van der Waals surface area contributed by atoms with E-state index in [2.05, 4.69) is 33.4 Å². The summed E-state index contributed by atoms with van der Waals surface area (Å²) in [6.07, 6.45) is 0.763. The van der Waals surface area contributed by atoms with Crippen molar-refractivity contribution in [2.45, 2.75) is 6.42 Å². The standard InChI is InChI=1S/C18H14BrNO2/c19-17-11-10-16(22-17)18(21)20-15-9-5-4-8-14(15)12-13-6-2-1-3-7-13/h1-11H,12H2,(H,20,21). The van der Waals surface area contributed by atoms with Crippen LogP contribution in [0.4, 0.5) is 5.69 Å². The molecule has 1 N–H and O–H groups in total. The van der Waals surface area contributed by atoms with Crippen LogP contribution in [0.1, 0.15) is 21.7 Å². The van der Waals surface area contributed by atoms with E-state index in [9.17, 15) is 4.79 Å². The van der Waals surface area contributed by atoms with Gasteiger partial charge in [0.15, 0.2) is 10.4 Å². The van der Waals surface area contributed by atoms with E-state index in [0.717, 1.165) is 17.7 Å². The van der Waals surface area contributed by atoms with E-state index in [1.165, 1.54) is 5.56 Å². The second-order valence-electron chi connectivity index (χ2n) is 4.88. The SMILES string of the molecule is O=C(Nc1ccccc1Cc1ccccc1)c1ccc(Br)o1. The quantitative estimate of drug-likeness (QED) is 0.724. The van der Waals surface area contributed by atoms with Crippen molar-refractivity contribution in [1.29, 1.82) is 0 Å².